The summed E-state index contributed by atoms with van der Waals surface area (Å²) in [4.78, 5) is 2.42. The largest absolute Gasteiger partial charge is 0.493 e. The number of aromatic nitrogens is 2. The van der Waals surface area contributed by atoms with Gasteiger partial charge in [0.15, 0.2) is 23.8 Å². The second kappa shape index (κ2) is 7.31. The number of para-hydroxylation sites is 1. The van der Waals surface area contributed by atoms with E-state index in [1.54, 1.807) is 7.11 Å². The normalized spacial score (nSPS) is 15.4. The number of methoxy groups -OCH3 is 1. The van der Waals surface area contributed by atoms with Crippen molar-refractivity contribution in [2.24, 2.45) is 0 Å². The van der Waals surface area contributed by atoms with Crippen LogP contribution in [0.3, 0.4) is 0 Å². The molecule has 5 rings (SSSR count). The van der Waals surface area contributed by atoms with E-state index in [4.69, 9.17) is 14.2 Å². The van der Waals surface area contributed by atoms with E-state index in [-0.39, 0.29) is 5.60 Å². The van der Waals surface area contributed by atoms with Crippen LogP contribution in [0.5, 0.6) is 23.0 Å². The molecule has 162 valence electrons. The Morgan fingerprint density at radius 2 is 1.97 bits per heavy atom. The Balaban J connectivity index is 1.73. The van der Waals surface area contributed by atoms with Crippen molar-refractivity contribution in [3.8, 4) is 34.3 Å². The molecule has 31 heavy (non-hydrogen) atoms. The molecule has 0 aliphatic carbocycles. The number of hydrogen-bond donors (Lipinski definition) is 1. The summed E-state index contributed by atoms with van der Waals surface area (Å²) in [5.41, 5.74) is 3.78. The van der Waals surface area contributed by atoms with Crippen molar-refractivity contribution >= 4 is 17.0 Å². The number of H-pyrrole nitrogens is 1. The van der Waals surface area contributed by atoms with Crippen LogP contribution < -0.4 is 18.9 Å². The lowest BCUT2D eigenvalue weighted by Crippen LogP contribution is -2.42. The van der Waals surface area contributed by atoms with Crippen LogP contribution in [-0.2, 0) is 6.54 Å². The van der Waals surface area contributed by atoms with Crippen molar-refractivity contribution in [3.63, 3.8) is 0 Å². The summed E-state index contributed by atoms with van der Waals surface area (Å²) >= 11 is 0. The minimum absolute atomic E-state index is 0.358. The van der Waals surface area contributed by atoms with E-state index in [9.17, 15) is 0 Å². The maximum atomic E-state index is 6.52. The van der Waals surface area contributed by atoms with Crippen LogP contribution >= 0.6 is 0 Å². The van der Waals surface area contributed by atoms with Crippen LogP contribution in [0.15, 0.2) is 30.3 Å². The van der Waals surface area contributed by atoms with E-state index in [0.717, 1.165) is 76.9 Å². The van der Waals surface area contributed by atoms with E-state index in [1.165, 1.54) is 0 Å². The smallest absolute Gasteiger partial charge is 0.246 e. The Bertz CT molecular complexity index is 1190. The van der Waals surface area contributed by atoms with Gasteiger partial charge in [0.25, 0.3) is 0 Å². The van der Waals surface area contributed by atoms with E-state index in [0.29, 0.717) is 0 Å². The first-order valence-corrected chi connectivity index (χ1v) is 11.0. The number of likely N-dealkylation sites (N-methyl/N-ethyl adjacent to an activating group) is 1. The Morgan fingerprint density at radius 1 is 1.16 bits per heavy atom. The van der Waals surface area contributed by atoms with Gasteiger partial charge in [-0.2, -0.15) is 5.10 Å². The number of ether oxygens (including phenoxy) is 3. The molecule has 1 aromatic heterocycles. The lowest BCUT2D eigenvalue weighted by atomic mass is 9.96. The summed E-state index contributed by atoms with van der Waals surface area (Å²) in [6.45, 7) is 12.4. The predicted octanol–water partition coefficient (Wildman–Crippen LogP) is 4.76. The molecule has 2 aliphatic heterocycles. The fourth-order valence-corrected chi connectivity index (χ4v) is 4.53. The molecule has 6 heteroatoms. The summed E-state index contributed by atoms with van der Waals surface area (Å²) in [6, 6.07) is 8.16. The summed E-state index contributed by atoms with van der Waals surface area (Å²) in [5, 5.41) is 4.75. The number of nitrogens with zero attached hydrogens (tertiary/aromatic N) is 2. The molecular formula is C25H30N3O3+. The molecule has 0 spiro atoms. The molecular weight excluding hydrogens is 390 g/mol. The van der Waals surface area contributed by atoms with Gasteiger partial charge in [-0.15, -0.1) is 4.68 Å². The highest BCUT2D eigenvalue weighted by atomic mass is 16.5. The number of hydrogen-bond acceptors (Lipinski definition) is 4. The van der Waals surface area contributed by atoms with Crippen molar-refractivity contribution in [3.05, 3.63) is 35.9 Å². The zero-order valence-corrected chi connectivity index (χ0v) is 18.9. The van der Waals surface area contributed by atoms with Gasteiger partial charge in [0.2, 0.25) is 5.52 Å². The minimum atomic E-state index is -0.358. The van der Waals surface area contributed by atoms with Crippen LogP contribution in [0, 0.1) is 0 Å². The Labute approximate surface area is 183 Å². The quantitative estimate of drug-likeness (QED) is 0.457. The molecule has 3 heterocycles. The van der Waals surface area contributed by atoms with Gasteiger partial charge >= 0.3 is 0 Å². The third kappa shape index (κ3) is 3.17. The molecule has 0 atom stereocenters. The lowest BCUT2D eigenvalue weighted by molar-refractivity contribution is -0.725. The zero-order chi connectivity index (χ0) is 21.8. The van der Waals surface area contributed by atoms with Crippen LogP contribution in [0.4, 0.5) is 0 Å². The average molecular weight is 421 g/mol. The topological polar surface area (TPSA) is 50.6 Å². The van der Waals surface area contributed by atoms with E-state index in [2.05, 4.69) is 66.7 Å². The summed E-state index contributed by atoms with van der Waals surface area (Å²) in [6.07, 6.45) is 4.20. The molecule has 0 saturated heterocycles. The van der Waals surface area contributed by atoms with Crippen molar-refractivity contribution in [2.75, 3.05) is 26.7 Å². The second-order valence-electron chi connectivity index (χ2n) is 8.65. The monoisotopic (exact) mass is 420 g/mol. The average Bonchev–Trinajstić information content (AvgIpc) is 3.12. The number of benzene rings is 2. The summed E-state index contributed by atoms with van der Waals surface area (Å²) in [7, 11) is 1.68. The highest BCUT2D eigenvalue weighted by molar-refractivity contribution is 6.03. The first kappa shape index (κ1) is 19.9. The van der Waals surface area contributed by atoms with Crippen LogP contribution in [-0.4, -0.2) is 42.3 Å². The van der Waals surface area contributed by atoms with Gasteiger partial charge < -0.3 is 14.2 Å². The van der Waals surface area contributed by atoms with Gasteiger partial charge in [0.05, 0.1) is 30.8 Å². The number of rotatable bonds is 6. The van der Waals surface area contributed by atoms with Gasteiger partial charge in [0.1, 0.15) is 22.4 Å². The van der Waals surface area contributed by atoms with Crippen molar-refractivity contribution in [1.29, 1.82) is 0 Å². The first-order chi connectivity index (χ1) is 15.0. The molecule has 0 bridgehead atoms. The minimum Gasteiger partial charge on any atom is -0.493 e. The Morgan fingerprint density at radius 3 is 2.71 bits per heavy atom. The third-order valence-corrected chi connectivity index (χ3v) is 6.28. The fraction of sp³-hybridized carbons (Fsp3) is 0.400. The lowest BCUT2D eigenvalue weighted by Gasteiger charge is -2.29. The van der Waals surface area contributed by atoms with Gasteiger partial charge in [0, 0.05) is 0 Å². The van der Waals surface area contributed by atoms with Crippen molar-refractivity contribution in [2.45, 2.75) is 39.8 Å². The number of nitrogens with one attached hydrogen (secondary N) is 1. The molecule has 0 amide bonds. The highest BCUT2D eigenvalue weighted by Gasteiger charge is 2.36. The molecule has 1 N–H and O–H groups in total. The molecule has 0 radical (unpaired) electrons. The molecule has 6 nitrogen and oxygen atoms in total. The molecule has 0 fully saturated rings. The van der Waals surface area contributed by atoms with Gasteiger partial charge in [-0.3, -0.25) is 4.90 Å². The fourth-order valence-electron chi connectivity index (χ4n) is 4.53. The Hall–Kier alpha value is -2.99. The predicted molar refractivity (Wildman–Crippen MR) is 122 cm³/mol. The van der Waals surface area contributed by atoms with Crippen molar-refractivity contribution in [1.82, 2.24) is 10.00 Å². The number of aromatic amines is 1. The van der Waals surface area contributed by atoms with E-state index < -0.39 is 0 Å². The molecule has 0 unspecified atom stereocenters. The Kier molecular flexibility index (Phi) is 4.70. The molecule has 0 saturated carbocycles. The van der Waals surface area contributed by atoms with E-state index >= 15 is 0 Å². The summed E-state index contributed by atoms with van der Waals surface area (Å²) < 4.78 is 20.7. The second-order valence-corrected chi connectivity index (χ2v) is 8.65. The first-order valence-electron chi connectivity index (χ1n) is 11.0. The van der Waals surface area contributed by atoms with Gasteiger partial charge in [-0.1, -0.05) is 19.9 Å². The van der Waals surface area contributed by atoms with Crippen LogP contribution in [0.25, 0.3) is 28.2 Å². The summed E-state index contributed by atoms with van der Waals surface area (Å²) in [5.74, 6) is 3.13. The maximum absolute atomic E-state index is 6.52. The van der Waals surface area contributed by atoms with Crippen molar-refractivity contribution < 1.29 is 18.9 Å². The SMILES string of the molecule is CCN(CC)CC[n+]1[nH]c2c3c(c4c(cc31)OC(C)(C)C=C4)Oc1c(OC)cccc1-2. The number of fused-ring (bicyclic) bond motifs is 4. The van der Waals surface area contributed by atoms with Gasteiger partial charge in [-0.05, 0) is 51.2 Å². The standard InChI is InChI=1S/C25H29N3O3/c1-6-27(7-2)13-14-28-18-15-20-16(11-12-25(3,4)31-20)24-21(18)22(26-28)17-9-8-10-19(29-5)23(17)30-24/h8-12,15H,6-7,13-14H2,1-5H3/p+1. The van der Waals surface area contributed by atoms with Crippen LogP contribution in [0.1, 0.15) is 33.3 Å². The van der Waals surface area contributed by atoms with Gasteiger partial charge in [-0.25, -0.2) is 0 Å². The van der Waals surface area contributed by atoms with E-state index in [1.807, 2.05) is 12.1 Å². The van der Waals surface area contributed by atoms with Crippen LogP contribution in [0.2, 0.25) is 0 Å². The zero-order valence-electron chi connectivity index (χ0n) is 18.9. The third-order valence-electron chi connectivity index (χ3n) is 6.28. The molecule has 2 aromatic carbocycles. The molecule has 2 aliphatic rings. The maximum Gasteiger partial charge on any atom is 0.246 e. The molecule has 3 aromatic rings. The highest BCUT2D eigenvalue weighted by Crippen LogP contribution is 2.53.